The van der Waals surface area contributed by atoms with Gasteiger partial charge in [0.1, 0.15) is 0 Å². The largest absolute Gasteiger partial charge is 0.341 e. The summed E-state index contributed by atoms with van der Waals surface area (Å²) in [5, 5.41) is 19.4. The first-order valence-corrected chi connectivity index (χ1v) is 8.08. The number of nitrogens with zero attached hydrogens (tertiary/aromatic N) is 3. The first-order chi connectivity index (χ1) is 11.5. The van der Waals surface area contributed by atoms with Crippen LogP contribution in [0.25, 0.3) is 0 Å². The molecule has 24 heavy (non-hydrogen) atoms. The Balaban J connectivity index is 1.86. The number of benzene rings is 2. The van der Waals surface area contributed by atoms with E-state index >= 15 is 0 Å². The van der Waals surface area contributed by atoms with Gasteiger partial charge in [0.05, 0.1) is 22.3 Å². The Morgan fingerprint density at radius 2 is 1.83 bits per heavy atom. The Morgan fingerprint density at radius 3 is 2.38 bits per heavy atom. The van der Waals surface area contributed by atoms with E-state index in [1.807, 2.05) is 12.1 Å². The lowest BCUT2D eigenvalue weighted by Crippen LogP contribution is -2.27. The molecule has 6 nitrogen and oxygen atoms in total. The molecule has 0 aliphatic rings. The molecule has 0 heterocycles. The molecule has 0 spiro atoms. The molecule has 0 saturated heterocycles. The SMILES string of the molecule is CN(Cc1ccc(C#N)cc1)C(=O)CSc1ccc([N+](=O)[O-])cc1. The molecule has 0 N–H and O–H groups in total. The number of amides is 1. The van der Waals surface area contributed by atoms with Crippen molar-refractivity contribution in [2.24, 2.45) is 0 Å². The van der Waals surface area contributed by atoms with Gasteiger partial charge in [0.2, 0.25) is 5.91 Å². The zero-order valence-electron chi connectivity index (χ0n) is 13.0. The van der Waals surface area contributed by atoms with Crippen LogP contribution in [0.2, 0.25) is 0 Å². The number of nitriles is 1. The van der Waals surface area contributed by atoms with Crippen molar-refractivity contribution in [2.75, 3.05) is 12.8 Å². The van der Waals surface area contributed by atoms with Gasteiger partial charge >= 0.3 is 0 Å². The normalized spacial score (nSPS) is 10.0. The molecule has 2 aromatic carbocycles. The maximum absolute atomic E-state index is 12.2. The average molecular weight is 341 g/mol. The molecule has 122 valence electrons. The van der Waals surface area contributed by atoms with Crippen LogP contribution in [0, 0.1) is 21.4 Å². The molecular formula is C17H15N3O3S. The summed E-state index contributed by atoms with van der Waals surface area (Å²) < 4.78 is 0. The molecule has 0 unspecified atom stereocenters. The molecule has 2 rings (SSSR count). The zero-order valence-corrected chi connectivity index (χ0v) is 13.8. The van der Waals surface area contributed by atoms with Crippen LogP contribution >= 0.6 is 11.8 Å². The van der Waals surface area contributed by atoms with Gasteiger partial charge in [0.25, 0.3) is 5.69 Å². The van der Waals surface area contributed by atoms with Gasteiger partial charge in [-0.15, -0.1) is 11.8 Å². The highest BCUT2D eigenvalue weighted by Gasteiger charge is 2.11. The highest BCUT2D eigenvalue weighted by atomic mass is 32.2. The standard InChI is InChI=1S/C17H15N3O3S/c1-19(11-14-4-2-13(10-18)3-5-14)17(21)12-24-16-8-6-15(7-9-16)20(22)23/h2-9H,11-12H2,1H3. The van der Waals surface area contributed by atoms with E-state index in [0.29, 0.717) is 12.1 Å². The Labute approximate surface area is 143 Å². The number of non-ortho nitro benzene ring substituents is 1. The molecule has 2 aromatic rings. The first-order valence-electron chi connectivity index (χ1n) is 7.10. The van der Waals surface area contributed by atoms with Gasteiger partial charge in [-0.1, -0.05) is 12.1 Å². The minimum Gasteiger partial charge on any atom is -0.341 e. The lowest BCUT2D eigenvalue weighted by Gasteiger charge is -2.17. The van der Waals surface area contributed by atoms with E-state index in [2.05, 4.69) is 6.07 Å². The lowest BCUT2D eigenvalue weighted by molar-refractivity contribution is -0.384. The van der Waals surface area contributed by atoms with Gasteiger partial charge in [-0.05, 0) is 29.8 Å². The number of rotatable bonds is 6. The van der Waals surface area contributed by atoms with E-state index < -0.39 is 4.92 Å². The molecule has 0 atom stereocenters. The minimum atomic E-state index is -0.453. The van der Waals surface area contributed by atoms with E-state index in [0.717, 1.165) is 10.5 Å². The number of thioether (sulfide) groups is 1. The molecular weight excluding hydrogens is 326 g/mol. The Morgan fingerprint density at radius 1 is 1.21 bits per heavy atom. The van der Waals surface area contributed by atoms with Crippen LogP contribution in [0.4, 0.5) is 5.69 Å². The molecule has 0 saturated carbocycles. The average Bonchev–Trinajstić information content (AvgIpc) is 2.60. The molecule has 0 aromatic heterocycles. The number of nitro benzene ring substituents is 1. The third kappa shape index (κ3) is 4.83. The summed E-state index contributed by atoms with van der Waals surface area (Å²) in [6.07, 6.45) is 0. The van der Waals surface area contributed by atoms with Crippen molar-refractivity contribution in [1.29, 1.82) is 5.26 Å². The summed E-state index contributed by atoms with van der Waals surface area (Å²) in [4.78, 5) is 24.7. The van der Waals surface area contributed by atoms with Crippen LogP contribution in [-0.4, -0.2) is 28.5 Å². The molecule has 0 aliphatic carbocycles. The van der Waals surface area contributed by atoms with Crippen molar-refractivity contribution in [2.45, 2.75) is 11.4 Å². The topological polar surface area (TPSA) is 87.2 Å². The fourth-order valence-electron chi connectivity index (χ4n) is 1.97. The van der Waals surface area contributed by atoms with E-state index in [1.54, 1.807) is 36.2 Å². The van der Waals surface area contributed by atoms with Gasteiger partial charge in [-0.3, -0.25) is 14.9 Å². The fourth-order valence-corrected chi connectivity index (χ4v) is 2.81. The van der Waals surface area contributed by atoms with Crippen LogP contribution in [0.3, 0.4) is 0 Å². The Bertz CT molecular complexity index is 767. The van der Waals surface area contributed by atoms with Crippen molar-refractivity contribution in [3.05, 3.63) is 69.8 Å². The quantitative estimate of drug-likeness (QED) is 0.457. The predicted molar refractivity (Wildman–Crippen MR) is 91.5 cm³/mol. The second-order valence-electron chi connectivity index (χ2n) is 5.10. The van der Waals surface area contributed by atoms with Crippen molar-refractivity contribution in [1.82, 2.24) is 4.90 Å². The number of nitro groups is 1. The monoisotopic (exact) mass is 341 g/mol. The van der Waals surface area contributed by atoms with E-state index in [-0.39, 0.29) is 17.3 Å². The second kappa shape index (κ2) is 8.13. The molecule has 7 heteroatoms. The maximum atomic E-state index is 12.2. The summed E-state index contributed by atoms with van der Waals surface area (Å²) in [6, 6.07) is 15.3. The minimum absolute atomic E-state index is 0.0311. The summed E-state index contributed by atoms with van der Waals surface area (Å²) in [7, 11) is 1.72. The van der Waals surface area contributed by atoms with Crippen molar-refractivity contribution in [3.63, 3.8) is 0 Å². The van der Waals surface area contributed by atoms with Crippen LogP contribution in [-0.2, 0) is 11.3 Å². The maximum Gasteiger partial charge on any atom is 0.269 e. The number of carbonyl (C=O) groups excluding carboxylic acids is 1. The van der Waals surface area contributed by atoms with Crippen LogP contribution < -0.4 is 0 Å². The second-order valence-corrected chi connectivity index (χ2v) is 6.15. The van der Waals surface area contributed by atoms with Crippen molar-refractivity contribution in [3.8, 4) is 6.07 Å². The van der Waals surface area contributed by atoms with Crippen molar-refractivity contribution < 1.29 is 9.72 Å². The van der Waals surface area contributed by atoms with Gasteiger partial charge < -0.3 is 4.90 Å². The summed E-state index contributed by atoms with van der Waals surface area (Å²) in [5.41, 5.74) is 1.57. The fraction of sp³-hybridized carbons (Fsp3) is 0.176. The van der Waals surface area contributed by atoms with E-state index in [9.17, 15) is 14.9 Å². The van der Waals surface area contributed by atoms with E-state index in [4.69, 9.17) is 5.26 Å². The molecule has 0 aliphatic heterocycles. The molecule has 0 bridgehead atoms. The van der Waals surface area contributed by atoms with Crippen LogP contribution in [0.1, 0.15) is 11.1 Å². The zero-order chi connectivity index (χ0) is 17.5. The van der Waals surface area contributed by atoms with Gasteiger partial charge in [0, 0.05) is 30.6 Å². The van der Waals surface area contributed by atoms with Gasteiger partial charge in [-0.25, -0.2) is 0 Å². The highest BCUT2D eigenvalue weighted by molar-refractivity contribution is 8.00. The number of hydrogen-bond donors (Lipinski definition) is 0. The Kier molecular flexibility index (Phi) is 5.93. The highest BCUT2D eigenvalue weighted by Crippen LogP contribution is 2.21. The Hall–Kier alpha value is -2.85. The number of carbonyl (C=O) groups is 1. The van der Waals surface area contributed by atoms with Crippen LogP contribution in [0.15, 0.2) is 53.4 Å². The smallest absolute Gasteiger partial charge is 0.269 e. The summed E-state index contributed by atoms with van der Waals surface area (Å²) >= 11 is 1.34. The first kappa shape index (κ1) is 17.5. The number of hydrogen-bond acceptors (Lipinski definition) is 5. The molecule has 0 radical (unpaired) electrons. The molecule has 1 amide bonds. The predicted octanol–water partition coefficient (Wildman–Crippen LogP) is 3.22. The third-order valence-electron chi connectivity index (χ3n) is 3.34. The van der Waals surface area contributed by atoms with Gasteiger partial charge in [-0.2, -0.15) is 5.26 Å². The van der Waals surface area contributed by atoms with Gasteiger partial charge in [0.15, 0.2) is 0 Å². The van der Waals surface area contributed by atoms with E-state index in [1.165, 1.54) is 23.9 Å². The van der Waals surface area contributed by atoms with Crippen molar-refractivity contribution >= 4 is 23.4 Å². The summed E-state index contributed by atoms with van der Waals surface area (Å²) in [5.74, 6) is 0.215. The van der Waals surface area contributed by atoms with Crippen LogP contribution in [0.5, 0.6) is 0 Å². The molecule has 0 fully saturated rings. The summed E-state index contributed by atoms with van der Waals surface area (Å²) in [6.45, 7) is 0.464. The third-order valence-corrected chi connectivity index (χ3v) is 4.34. The lowest BCUT2D eigenvalue weighted by atomic mass is 10.1.